The average Bonchev–Trinajstić information content (AvgIpc) is 3.73. The van der Waals surface area contributed by atoms with Gasteiger partial charge in [-0.25, -0.2) is 4.79 Å². The molecule has 262 valence electrons. The van der Waals surface area contributed by atoms with E-state index in [9.17, 15) is 24.6 Å². The standard InChI is InChI=1S/C39H42N2O9/c1-23-7-6-10-27(42)9-5-3-4-8-25-17-32(43)37(38(45)36(25)39(46)50-23)30(24-11-14-33-34(18-24)49-22-48-33)20-35(44)40-16-15-26-21-41-31-13-12-28(47-2)19-29(26)31/h4,8,11-14,17-19,21,23,30,41,43,45H,3,5-7,9-10,15-16,20,22H2,1-2H3,(H,40,44)/b8-4+/t23-,30?/m0/s1. The number of esters is 1. The van der Waals surface area contributed by atoms with Crippen LogP contribution in [0.15, 0.2) is 54.7 Å². The quantitative estimate of drug-likeness (QED) is 0.149. The Morgan fingerprint density at radius 3 is 2.72 bits per heavy atom. The zero-order chi connectivity index (χ0) is 35.2. The van der Waals surface area contributed by atoms with Crippen LogP contribution in [0, 0.1) is 0 Å². The number of aromatic amines is 1. The van der Waals surface area contributed by atoms with Crippen LogP contribution in [0.2, 0.25) is 0 Å². The molecule has 11 heteroatoms. The first-order chi connectivity index (χ1) is 24.2. The predicted octanol–water partition coefficient (Wildman–Crippen LogP) is 6.68. The predicted molar refractivity (Wildman–Crippen MR) is 187 cm³/mol. The number of rotatable bonds is 8. The van der Waals surface area contributed by atoms with Crippen LogP contribution in [0.1, 0.15) is 90.4 Å². The summed E-state index contributed by atoms with van der Waals surface area (Å²) in [5, 5.41) is 27.3. The number of Topliss-reactive ketones (excluding diaryl/α,β-unsaturated/α-hetero) is 1. The van der Waals surface area contributed by atoms with E-state index in [1.165, 1.54) is 6.07 Å². The van der Waals surface area contributed by atoms with E-state index in [4.69, 9.17) is 18.9 Å². The Bertz CT molecular complexity index is 1930. The normalized spacial score (nSPS) is 17.8. The number of aromatic hydroxyl groups is 2. The minimum absolute atomic E-state index is 0.0196. The third-order valence-electron chi connectivity index (χ3n) is 9.28. The molecule has 2 atom stereocenters. The van der Waals surface area contributed by atoms with Crippen molar-refractivity contribution in [1.29, 1.82) is 0 Å². The zero-order valence-corrected chi connectivity index (χ0v) is 28.3. The molecule has 1 amide bonds. The molecule has 4 aromatic rings. The highest BCUT2D eigenvalue weighted by Crippen LogP contribution is 2.46. The molecule has 0 bridgehead atoms. The first kappa shape index (κ1) is 34.4. The number of phenolic OH excluding ortho intramolecular Hbond substituents is 2. The highest BCUT2D eigenvalue weighted by atomic mass is 16.7. The van der Waals surface area contributed by atoms with E-state index >= 15 is 0 Å². The molecule has 1 aromatic heterocycles. The van der Waals surface area contributed by atoms with E-state index in [1.54, 1.807) is 44.4 Å². The van der Waals surface area contributed by atoms with Crippen molar-refractivity contribution in [3.05, 3.63) is 82.6 Å². The van der Waals surface area contributed by atoms with Crippen molar-refractivity contribution < 1.29 is 43.5 Å². The number of amides is 1. The number of cyclic esters (lactones) is 1. The van der Waals surface area contributed by atoms with Gasteiger partial charge < -0.3 is 39.5 Å². The van der Waals surface area contributed by atoms with Gasteiger partial charge in [0.15, 0.2) is 11.5 Å². The molecule has 2 aliphatic rings. The molecule has 3 heterocycles. The number of fused-ring (bicyclic) bond motifs is 3. The van der Waals surface area contributed by atoms with Gasteiger partial charge in [-0.1, -0.05) is 18.2 Å². The van der Waals surface area contributed by atoms with Crippen LogP contribution in [0.3, 0.4) is 0 Å². The Morgan fingerprint density at radius 1 is 1.06 bits per heavy atom. The number of phenols is 2. The van der Waals surface area contributed by atoms with E-state index in [2.05, 4.69) is 10.3 Å². The molecule has 0 aliphatic carbocycles. The van der Waals surface area contributed by atoms with E-state index in [0.717, 1.165) is 22.2 Å². The molecular weight excluding hydrogens is 640 g/mol. The molecule has 0 saturated carbocycles. The summed E-state index contributed by atoms with van der Waals surface area (Å²) in [7, 11) is 1.61. The Kier molecular flexibility index (Phi) is 10.6. The molecule has 0 radical (unpaired) electrons. The van der Waals surface area contributed by atoms with Crippen LogP contribution in [0.4, 0.5) is 0 Å². The SMILES string of the molecule is COc1ccc2[nH]cc(CCNC(=O)CC(c3ccc4c(c3)OCO4)c3c(O)cc4c(c3O)C(=O)O[C@@H](C)CCCC(=O)CCC/C=C/4)c2c1. The topological polar surface area (TPSA) is 156 Å². The van der Waals surface area contributed by atoms with Gasteiger partial charge in [-0.3, -0.25) is 9.59 Å². The highest BCUT2D eigenvalue weighted by Gasteiger charge is 2.32. The third kappa shape index (κ3) is 7.72. The number of hydrogen-bond donors (Lipinski definition) is 4. The van der Waals surface area contributed by atoms with Crippen molar-refractivity contribution in [2.75, 3.05) is 20.4 Å². The van der Waals surface area contributed by atoms with Crippen molar-refractivity contribution in [3.63, 3.8) is 0 Å². The van der Waals surface area contributed by atoms with Gasteiger partial charge in [-0.05, 0) is 92.1 Å². The summed E-state index contributed by atoms with van der Waals surface area (Å²) < 4.78 is 22.2. The van der Waals surface area contributed by atoms with Crippen LogP contribution in [-0.4, -0.2) is 59.4 Å². The van der Waals surface area contributed by atoms with Crippen molar-refractivity contribution in [2.45, 2.75) is 70.3 Å². The highest BCUT2D eigenvalue weighted by molar-refractivity contribution is 5.98. The van der Waals surface area contributed by atoms with Crippen molar-refractivity contribution in [1.82, 2.24) is 10.3 Å². The molecule has 50 heavy (non-hydrogen) atoms. The van der Waals surface area contributed by atoms with Crippen LogP contribution in [-0.2, 0) is 20.7 Å². The summed E-state index contributed by atoms with van der Waals surface area (Å²) in [4.78, 5) is 42.7. The Hall–Kier alpha value is -5.45. The number of ketones is 1. The number of benzene rings is 3. The lowest BCUT2D eigenvalue weighted by Crippen LogP contribution is -2.27. The fraction of sp³-hybridized carbons (Fsp3) is 0.359. The second kappa shape index (κ2) is 15.4. The van der Waals surface area contributed by atoms with Gasteiger partial charge in [-0.2, -0.15) is 0 Å². The number of methoxy groups -OCH3 is 1. The minimum atomic E-state index is -0.875. The third-order valence-corrected chi connectivity index (χ3v) is 9.28. The molecule has 4 N–H and O–H groups in total. The van der Waals surface area contributed by atoms with Crippen molar-refractivity contribution >= 4 is 34.6 Å². The molecule has 2 aliphatic heterocycles. The summed E-state index contributed by atoms with van der Waals surface area (Å²) >= 11 is 0. The van der Waals surface area contributed by atoms with Crippen LogP contribution < -0.4 is 19.5 Å². The maximum absolute atomic E-state index is 13.7. The number of H-pyrrole nitrogens is 1. The van der Waals surface area contributed by atoms with E-state index < -0.39 is 23.7 Å². The Balaban J connectivity index is 1.31. The number of nitrogens with one attached hydrogen (secondary N) is 2. The van der Waals surface area contributed by atoms with Crippen molar-refractivity contribution in [3.8, 4) is 28.7 Å². The minimum Gasteiger partial charge on any atom is -0.507 e. The number of aromatic nitrogens is 1. The van der Waals surface area contributed by atoms with Crippen molar-refractivity contribution in [2.24, 2.45) is 0 Å². The second-order valence-corrected chi connectivity index (χ2v) is 12.8. The summed E-state index contributed by atoms with van der Waals surface area (Å²) in [5.41, 5.74) is 2.73. The first-order valence-electron chi connectivity index (χ1n) is 17.0. The number of hydrogen-bond acceptors (Lipinski definition) is 9. The van der Waals surface area contributed by atoms with Gasteiger partial charge in [0.05, 0.1) is 13.2 Å². The lowest BCUT2D eigenvalue weighted by molar-refractivity contribution is -0.121. The lowest BCUT2D eigenvalue weighted by Gasteiger charge is -2.23. The van der Waals surface area contributed by atoms with Gasteiger partial charge in [0.1, 0.15) is 28.6 Å². The fourth-order valence-electron chi connectivity index (χ4n) is 6.62. The maximum atomic E-state index is 13.7. The maximum Gasteiger partial charge on any atom is 0.342 e. The summed E-state index contributed by atoms with van der Waals surface area (Å²) in [5.74, 6) is -0.800. The van der Waals surface area contributed by atoms with Crippen LogP contribution >= 0.6 is 0 Å². The average molecular weight is 683 g/mol. The largest absolute Gasteiger partial charge is 0.507 e. The first-order valence-corrected chi connectivity index (χ1v) is 17.0. The van der Waals surface area contributed by atoms with Gasteiger partial charge in [0, 0.05) is 54.4 Å². The van der Waals surface area contributed by atoms with Gasteiger partial charge in [0.25, 0.3) is 0 Å². The van der Waals surface area contributed by atoms with Gasteiger partial charge >= 0.3 is 5.97 Å². The summed E-state index contributed by atoms with van der Waals surface area (Å²) in [6, 6.07) is 12.4. The molecule has 6 rings (SSSR count). The molecule has 0 spiro atoms. The Labute approximate surface area is 290 Å². The molecule has 0 fully saturated rings. The molecule has 1 unspecified atom stereocenters. The molecule has 11 nitrogen and oxygen atoms in total. The van der Waals surface area contributed by atoms with Crippen LogP contribution in [0.5, 0.6) is 28.7 Å². The number of carbonyl (C=O) groups excluding carboxylic acids is 3. The van der Waals surface area contributed by atoms with Crippen LogP contribution in [0.25, 0.3) is 17.0 Å². The second-order valence-electron chi connectivity index (χ2n) is 12.8. The fourth-order valence-corrected chi connectivity index (χ4v) is 6.62. The van der Waals surface area contributed by atoms with Gasteiger partial charge in [-0.15, -0.1) is 0 Å². The molecule has 0 saturated heterocycles. The van der Waals surface area contributed by atoms with E-state index in [1.807, 2.05) is 24.4 Å². The lowest BCUT2D eigenvalue weighted by atomic mass is 9.84. The monoisotopic (exact) mass is 682 g/mol. The molecule has 3 aromatic carbocycles. The number of carbonyl (C=O) groups is 3. The zero-order valence-electron chi connectivity index (χ0n) is 28.3. The smallest absolute Gasteiger partial charge is 0.342 e. The Morgan fingerprint density at radius 2 is 1.88 bits per heavy atom. The van der Waals surface area contributed by atoms with E-state index in [-0.39, 0.29) is 47.3 Å². The van der Waals surface area contributed by atoms with E-state index in [0.29, 0.717) is 68.6 Å². The number of ether oxygens (including phenoxy) is 4. The van der Waals surface area contributed by atoms with Gasteiger partial charge in [0.2, 0.25) is 12.7 Å². The summed E-state index contributed by atoms with van der Waals surface area (Å²) in [6.45, 7) is 2.12. The molecular formula is C39H42N2O9. The number of allylic oxidation sites excluding steroid dienone is 1. The summed E-state index contributed by atoms with van der Waals surface area (Å²) in [6.07, 6.45) is 8.40.